The Kier molecular flexibility index (Phi) is 4.83. The van der Waals surface area contributed by atoms with Crippen LogP contribution < -0.4 is 5.32 Å². The Balaban J connectivity index is 2.73. The summed E-state index contributed by atoms with van der Waals surface area (Å²) in [5.74, 6) is -0.840. The standard InChI is InChI=1S/C13H19FN2O3/c1-9(8-13(2,3)19-4)15-10-5-6-12(16(17)18)11(14)7-10/h5-7,9,15H,8H2,1-4H3. The van der Waals surface area contributed by atoms with Gasteiger partial charge in [0.05, 0.1) is 10.5 Å². The largest absolute Gasteiger partial charge is 0.382 e. The third-order valence-electron chi connectivity index (χ3n) is 2.91. The van der Waals surface area contributed by atoms with Crippen molar-refractivity contribution in [3.05, 3.63) is 34.1 Å². The van der Waals surface area contributed by atoms with E-state index >= 15 is 0 Å². The number of nitro groups is 1. The second-order valence-electron chi connectivity index (χ2n) is 5.14. The maximum atomic E-state index is 13.4. The van der Waals surface area contributed by atoms with Crippen molar-refractivity contribution in [1.82, 2.24) is 0 Å². The molecule has 0 aliphatic heterocycles. The minimum absolute atomic E-state index is 0.0517. The predicted octanol–water partition coefficient (Wildman–Crippen LogP) is 3.35. The van der Waals surface area contributed by atoms with Crippen LogP contribution in [-0.4, -0.2) is 23.7 Å². The number of benzene rings is 1. The van der Waals surface area contributed by atoms with Crippen molar-refractivity contribution in [3.8, 4) is 0 Å². The molecule has 1 aromatic rings. The zero-order valence-corrected chi connectivity index (χ0v) is 11.6. The zero-order valence-electron chi connectivity index (χ0n) is 11.6. The van der Waals surface area contributed by atoms with Crippen LogP contribution in [0.1, 0.15) is 27.2 Å². The second-order valence-corrected chi connectivity index (χ2v) is 5.14. The summed E-state index contributed by atoms with van der Waals surface area (Å²) in [6.45, 7) is 5.86. The molecule has 5 nitrogen and oxygen atoms in total. The number of nitrogens with zero attached hydrogens (tertiary/aromatic N) is 1. The molecule has 0 saturated carbocycles. The molecule has 1 aromatic carbocycles. The highest BCUT2D eigenvalue weighted by Gasteiger charge is 2.21. The molecule has 0 aromatic heterocycles. The number of methoxy groups -OCH3 is 1. The van der Waals surface area contributed by atoms with E-state index in [2.05, 4.69) is 5.32 Å². The first-order valence-corrected chi connectivity index (χ1v) is 6.01. The number of anilines is 1. The molecule has 1 atom stereocenters. The highest BCUT2D eigenvalue weighted by atomic mass is 19.1. The fourth-order valence-electron chi connectivity index (χ4n) is 1.90. The van der Waals surface area contributed by atoms with Crippen molar-refractivity contribution >= 4 is 11.4 Å². The summed E-state index contributed by atoms with van der Waals surface area (Å²) in [7, 11) is 1.64. The molecular weight excluding hydrogens is 251 g/mol. The van der Waals surface area contributed by atoms with Crippen LogP contribution in [0.3, 0.4) is 0 Å². The first kappa shape index (κ1) is 15.4. The third kappa shape index (κ3) is 4.48. The topological polar surface area (TPSA) is 64.4 Å². The summed E-state index contributed by atoms with van der Waals surface area (Å²) < 4.78 is 18.8. The normalized spacial score (nSPS) is 13.1. The number of hydrogen-bond donors (Lipinski definition) is 1. The summed E-state index contributed by atoms with van der Waals surface area (Å²) in [6, 6.07) is 3.84. The lowest BCUT2D eigenvalue weighted by molar-refractivity contribution is -0.387. The van der Waals surface area contributed by atoms with E-state index in [1.54, 1.807) is 7.11 Å². The molecule has 0 aliphatic carbocycles. The lowest BCUT2D eigenvalue weighted by Crippen LogP contribution is -2.31. The molecule has 106 valence electrons. The highest BCUT2D eigenvalue weighted by molar-refractivity contribution is 5.50. The summed E-state index contributed by atoms with van der Waals surface area (Å²) in [6.07, 6.45) is 0.724. The van der Waals surface area contributed by atoms with E-state index in [1.165, 1.54) is 6.07 Å². The monoisotopic (exact) mass is 270 g/mol. The van der Waals surface area contributed by atoms with Gasteiger partial charge in [0, 0.05) is 31.0 Å². The molecule has 0 heterocycles. The van der Waals surface area contributed by atoms with Gasteiger partial charge in [0.1, 0.15) is 0 Å². The molecule has 0 saturated heterocycles. The number of halogens is 1. The van der Waals surface area contributed by atoms with Gasteiger partial charge in [-0.15, -0.1) is 0 Å². The van der Waals surface area contributed by atoms with Crippen LogP contribution in [0.4, 0.5) is 15.8 Å². The Morgan fingerprint density at radius 1 is 1.53 bits per heavy atom. The van der Waals surface area contributed by atoms with Crippen LogP contribution >= 0.6 is 0 Å². The van der Waals surface area contributed by atoms with Gasteiger partial charge >= 0.3 is 5.69 Å². The average molecular weight is 270 g/mol. The Morgan fingerprint density at radius 2 is 2.16 bits per heavy atom. The van der Waals surface area contributed by atoms with Crippen molar-refractivity contribution in [2.45, 2.75) is 38.8 Å². The molecule has 0 aliphatic rings. The molecule has 0 fully saturated rings. The number of hydrogen-bond acceptors (Lipinski definition) is 4. The van der Waals surface area contributed by atoms with Gasteiger partial charge in [-0.2, -0.15) is 4.39 Å². The van der Waals surface area contributed by atoms with Gasteiger partial charge in [-0.05, 0) is 33.3 Å². The quantitative estimate of drug-likeness (QED) is 0.636. The van der Waals surface area contributed by atoms with E-state index < -0.39 is 16.4 Å². The van der Waals surface area contributed by atoms with E-state index in [-0.39, 0.29) is 11.6 Å². The lowest BCUT2D eigenvalue weighted by atomic mass is 9.99. The summed E-state index contributed by atoms with van der Waals surface area (Å²) in [4.78, 5) is 9.77. The molecule has 0 bridgehead atoms. The van der Waals surface area contributed by atoms with E-state index in [4.69, 9.17) is 4.74 Å². The summed E-state index contributed by atoms with van der Waals surface area (Å²) in [5, 5.41) is 13.6. The number of rotatable bonds is 6. The fraction of sp³-hybridized carbons (Fsp3) is 0.538. The maximum absolute atomic E-state index is 13.4. The molecule has 19 heavy (non-hydrogen) atoms. The van der Waals surface area contributed by atoms with Gasteiger partial charge in [0.25, 0.3) is 0 Å². The molecule has 0 amide bonds. The predicted molar refractivity (Wildman–Crippen MR) is 71.8 cm³/mol. The van der Waals surface area contributed by atoms with Gasteiger partial charge < -0.3 is 10.1 Å². The summed E-state index contributed by atoms with van der Waals surface area (Å²) >= 11 is 0. The smallest absolute Gasteiger partial charge is 0.304 e. The number of ether oxygens (including phenoxy) is 1. The van der Waals surface area contributed by atoms with Crippen LogP contribution in [0, 0.1) is 15.9 Å². The molecule has 0 spiro atoms. The van der Waals surface area contributed by atoms with Crippen molar-refractivity contribution in [1.29, 1.82) is 0 Å². The van der Waals surface area contributed by atoms with Crippen LogP contribution in [0.5, 0.6) is 0 Å². The van der Waals surface area contributed by atoms with Gasteiger partial charge in [0.2, 0.25) is 5.82 Å². The van der Waals surface area contributed by atoms with E-state index in [9.17, 15) is 14.5 Å². The van der Waals surface area contributed by atoms with E-state index in [0.717, 1.165) is 18.6 Å². The molecular formula is C13H19FN2O3. The third-order valence-corrected chi connectivity index (χ3v) is 2.91. The van der Waals surface area contributed by atoms with Gasteiger partial charge in [0.15, 0.2) is 0 Å². The van der Waals surface area contributed by atoms with Gasteiger partial charge in [-0.25, -0.2) is 0 Å². The van der Waals surface area contributed by atoms with Crippen LogP contribution in [0.15, 0.2) is 18.2 Å². The molecule has 1 unspecified atom stereocenters. The minimum atomic E-state index is -0.840. The van der Waals surface area contributed by atoms with Crippen LogP contribution in [-0.2, 0) is 4.74 Å². The van der Waals surface area contributed by atoms with Crippen molar-refractivity contribution in [2.75, 3.05) is 12.4 Å². The number of nitrogens with one attached hydrogen (secondary N) is 1. The van der Waals surface area contributed by atoms with E-state index in [1.807, 2.05) is 20.8 Å². The first-order chi connectivity index (χ1) is 8.75. The molecule has 1 N–H and O–H groups in total. The van der Waals surface area contributed by atoms with Crippen molar-refractivity contribution < 1.29 is 14.1 Å². The van der Waals surface area contributed by atoms with Crippen LogP contribution in [0.2, 0.25) is 0 Å². The molecule has 1 rings (SSSR count). The van der Waals surface area contributed by atoms with Crippen LogP contribution in [0.25, 0.3) is 0 Å². The second kappa shape index (κ2) is 5.97. The lowest BCUT2D eigenvalue weighted by Gasteiger charge is -2.27. The Hall–Kier alpha value is -1.69. The summed E-state index contributed by atoms with van der Waals surface area (Å²) in [5.41, 5.74) is -0.288. The number of nitro benzene ring substituents is 1. The Morgan fingerprint density at radius 3 is 2.63 bits per heavy atom. The molecule has 6 heteroatoms. The SMILES string of the molecule is COC(C)(C)CC(C)Nc1ccc([N+](=O)[O-])c(F)c1. The Bertz CT molecular complexity index is 463. The Labute approximate surface area is 111 Å². The highest BCUT2D eigenvalue weighted by Crippen LogP contribution is 2.23. The fourth-order valence-corrected chi connectivity index (χ4v) is 1.90. The minimum Gasteiger partial charge on any atom is -0.382 e. The average Bonchev–Trinajstić information content (AvgIpc) is 2.27. The zero-order chi connectivity index (χ0) is 14.6. The van der Waals surface area contributed by atoms with Gasteiger partial charge in [-0.3, -0.25) is 10.1 Å². The van der Waals surface area contributed by atoms with Crippen molar-refractivity contribution in [2.24, 2.45) is 0 Å². The van der Waals surface area contributed by atoms with E-state index in [0.29, 0.717) is 5.69 Å². The maximum Gasteiger partial charge on any atom is 0.304 e. The first-order valence-electron chi connectivity index (χ1n) is 6.01. The van der Waals surface area contributed by atoms with Crippen molar-refractivity contribution in [3.63, 3.8) is 0 Å². The van der Waals surface area contributed by atoms with Gasteiger partial charge in [-0.1, -0.05) is 0 Å². The molecule has 0 radical (unpaired) electrons.